The lowest BCUT2D eigenvalue weighted by Gasteiger charge is -2.16. The molecule has 11 heteroatoms. The van der Waals surface area contributed by atoms with E-state index in [0.717, 1.165) is 6.07 Å². The molecule has 0 fully saturated rings. The van der Waals surface area contributed by atoms with E-state index < -0.39 is 34.6 Å². The number of halogens is 4. The molecule has 4 aromatic rings. The van der Waals surface area contributed by atoms with Gasteiger partial charge in [0.2, 0.25) is 0 Å². The second-order valence-corrected chi connectivity index (χ2v) is 7.78. The summed E-state index contributed by atoms with van der Waals surface area (Å²) in [5.41, 5.74) is 4.89. The van der Waals surface area contributed by atoms with Crippen LogP contribution in [0.4, 0.5) is 28.9 Å². The maximum atomic E-state index is 14.9. The van der Waals surface area contributed by atoms with Gasteiger partial charge in [-0.05, 0) is 48.0 Å². The molecule has 0 saturated carbocycles. The Kier molecular flexibility index (Phi) is 7.25. The highest BCUT2D eigenvalue weighted by atomic mass is 19.4. The fraction of sp³-hybridized carbons (Fsp3) is 0.0769. The standard InChI is InChI=1S/C26H19F4N5O2/c27-21-13-20(26(28,29)30)18(23-32-9-4-10-33-23)12-19(21)25(37)35-24(34-16-5-2-1-3-6-16)17-8-7-15(14-36)11-22(17)31/h1-13,36H,14,31H2,(H,34,35,37). The first kappa shape index (κ1) is 25.5. The number of alkyl halides is 3. The van der Waals surface area contributed by atoms with Gasteiger partial charge in [0.15, 0.2) is 5.82 Å². The number of rotatable bonds is 5. The number of hydrogen-bond donors (Lipinski definition) is 3. The molecule has 7 nitrogen and oxygen atoms in total. The summed E-state index contributed by atoms with van der Waals surface area (Å²) in [7, 11) is 0. The fourth-order valence-corrected chi connectivity index (χ4v) is 3.49. The van der Waals surface area contributed by atoms with Gasteiger partial charge in [-0.2, -0.15) is 13.2 Å². The molecule has 0 radical (unpaired) electrons. The van der Waals surface area contributed by atoms with E-state index in [1.54, 1.807) is 36.4 Å². The van der Waals surface area contributed by atoms with Gasteiger partial charge in [0.05, 0.1) is 23.4 Å². The Balaban J connectivity index is 1.80. The van der Waals surface area contributed by atoms with E-state index in [9.17, 15) is 27.5 Å². The Morgan fingerprint density at radius 1 is 0.973 bits per heavy atom. The van der Waals surface area contributed by atoms with Crippen molar-refractivity contribution < 1.29 is 27.5 Å². The molecule has 4 rings (SSSR count). The molecule has 0 spiro atoms. The number of hydrogen-bond acceptors (Lipinski definition) is 6. The second kappa shape index (κ2) is 10.5. The van der Waals surface area contributed by atoms with Crippen LogP contribution in [0.15, 0.2) is 84.1 Å². The van der Waals surface area contributed by atoms with E-state index in [1.165, 1.54) is 30.6 Å². The van der Waals surface area contributed by atoms with E-state index >= 15 is 0 Å². The van der Waals surface area contributed by atoms with E-state index in [0.29, 0.717) is 11.3 Å². The zero-order chi connectivity index (χ0) is 26.6. The third-order valence-electron chi connectivity index (χ3n) is 5.25. The molecule has 3 aromatic carbocycles. The van der Waals surface area contributed by atoms with Crippen LogP contribution in [0.5, 0.6) is 0 Å². The molecule has 1 heterocycles. The number of nitrogens with two attached hydrogens (primary N) is 1. The molecule has 0 aliphatic rings. The predicted molar refractivity (Wildman–Crippen MR) is 129 cm³/mol. The first-order valence-corrected chi connectivity index (χ1v) is 10.8. The Morgan fingerprint density at radius 2 is 1.68 bits per heavy atom. The summed E-state index contributed by atoms with van der Waals surface area (Å²) in [6.45, 7) is -0.275. The van der Waals surface area contributed by atoms with Crippen LogP contribution >= 0.6 is 0 Å². The molecule has 1 aromatic heterocycles. The van der Waals surface area contributed by atoms with Crippen molar-refractivity contribution in [1.82, 2.24) is 15.3 Å². The number of aliphatic imine (C=N–C) groups is 1. The summed E-state index contributed by atoms with van der Waals surface area (Å²) in [4.78, 5) is 25.2. The van der Waals surface area contributed by atoms with Gasteiger partial charge in [0.25, 0.3) is 5.91 Å². The number of nitrogen functional groups attached to an aromatic ring is 1. The van der Waals surface area contributed by atoms with Crippen molar-refractivity contribution in [3.8, 4) is 11.4 Å². The van der Waals surface area contributed by atoms with E-state index in [2.05, 4.69) is 20.3 Å². The van der Waals surface area contributed by atoms with Crippen molar-refractivity contribution in [3.05, 3.63) is 107 Å². The van der Waals surface area contributed by atoms with Crippen LogP contribution in [0, 0.1) is 5.82 Å². The zero-order valence-electron chi connectivity index (χ0n) is 19.0. The minimum atomic E-state index is -4.92. The van der Waals surface area contributed by atoms with Crippen molar-refractivity contribution in [2.24, 2.45) is 4.99 Å². The number of amidine groups is 1. The summed E-state index contributed by atoms with van der Waals surface area (Å²) < 4.78 is 55.9. The third kappa shape index (κ3) is 5.78. The molecule has 1 amide bonds. The zero-order valence-corrected chi connectivity index (χ0v) is 19.0. The molecule has 0 aliphatic carbocycles. The summed E-state index contributed by atoms with van der Waals surface area (Å²) in [6.07, 6.45) is -2.46. The normalized spacial score (nSPS) is 11.9. The van der Waals surface area contributed by atoms with Crippen molar-refractivity contribution >= 4 is 23.1 Å². The smallest absolute Gasteiger partial charge is 0.398 e. The number of benzene rings is 3. The highest BCUT2D eigenvalue weighted by molar-refractivity contribution is 6.15. The van der Waals surface area contributed by atoms with Crippen molar-refractivity contribution in [2.45, 2.75) is 12.8 Å². The molecular weight excluding hydrogens is 490 g/mol. The number of aliphatic hydroxyl groups is 1. The molecule has 188 valence electrons. The lowest BCUT2D eigenvalue weighted by atomic mass is 10.0. The van der Waals surface area contributed by atoms with Crippen LogP contribution in [-0.4, -0.2) is 26.8 Å². The fourth-order valence-electron chi connectivity index (χ4n) is 3.49. The molecule has 0 saturated heterocycles. The summed E-state index contributed by atoms with van der Waals surface area (Å²) in [5.74, 6) is -2.86. The monoisotopic (exact) mass is 509 g/mol. The second-order valence-electron chi connectivity index (χ2n) is 7.78. The maximum Gasteiger partial charge on any atom is 0.417 e. The molecule has 37 heavy (non-hydrogen) atoms. The van der Waals surface area contributed by atoms with E-state index in [-0.39, 0.29) is 35.6 Å². The molecular formula is C26H19F4N5O2. The number of carbonyl (C=O) groups excluding carboxylic acids is 1. The number of carbonyl (C=O) groups is 1. The molecule has 0 unspecified atom stereocenters. The number of nitrogens with zero attached hydrogens (tertiary/aromatic N) is 3. The lowest BCUT2D eigenvalue weighted by Crippen LogP contribution is -2.32. The van der Waals surface area contributed by atoms with Gasteiger partial charge in [0, 0.05) is 29.2 Å². The Bertz CT molecular complexity index is 1460. The first-order chi connectivity index (χ1) is 17.7. The summed E-state index contributed by atoms with van der Waals surface area (Å²) in [5, 5.41) is 11.8. The van der Waals surface area contributed by atoms with Crippen LogP contribution in [0.1, 0.15) is 27.0 Å². The van der Waals surface area contributed by atoms with Gasteiger partial charge >= 0.3 is 6.18 Å². The number of nitrogens with one attached hydrogen (secondary N) is 1. The van der Waals surface area contributed by atoms with Gasteiger partial charge in [0.1, 0.15) is 11.7 Å². The van der Waals surface area contributed by atoms with Gasteiger partial charge in [-0.3, -0.25) is 4.79 Å². The number of para-hydroxylation sites is 1. The summed E-state index contributed by atoms with van der Waals surface area (Å²) >= 11 is 0. The van der Waals surface area contributed by atoms with Crippen molar-refractivity contribution in [1.29, 1.82) is 0 Å². The van der Waals surface area contributed by atoms with Gasteiger partial charge in [-0.15, -0.1) is 0 Å². The molecule has 0 aliphatic heterocycles. The third-order valence-corrected chi connectivity index (χ3v) is 5.25. The maximum absolute atomic E-state index is 14.9. The van der Waals surface area contributed by atoms with Gasteiger partial charge < -0.3 is 16.2 Å². The Morgan fingerprint density at radius 3 is 2.30 bits per heavy atom. The Labute approximate surface area is 208 Å². The number of anilines is 1. The average molecular weight is 509 g/mol. The van der Waals surface area contributed by atoms with Crippen LogP contribution < -0.4 is 11.1 Å². The highest BCUT2D eigenvalue weighted by Crippen LogP contribution is 2.37. The minimum Gasteiger partial charge on any atom is -0.398 e. The largest absolute Gasteiger partial charge is 0.417 e. The Hall–Kier alpha value is -4.64. The quantitative estimate of drug-likeness (QED) is 0.154. The number of aromatic nitrogens is 2. The minimum absolute atomic E-state index is 0.0741. The SMILES string of the molecule is Nc1cc(CO)ccc1C(=Nc1ccccc1)NC(=O)c1cc(-c2ncccn2)c(C(F)(F)F)cc1F. The van der Waals surface area contributed by atoms with Crippen LogP contribution in [-0.2, 0) is 12.8 Å². The van der Waals surface area contributed by atoms with Crippen molar-refractivity contribution in [3.63, 3.8) is 0 Å². The van der Waals surface area contributed by atoms with Crippen LogP contribution in [0.25, 0.3) is 11.4 Å². The number of amides is 1. The van der Waals surface area contributed by atoms with Crippen LogP contribution in [0.2, 0.25) is 0 Å². The molecule has 4 N–H and O–H groups in total. The first-order valence-electron chi connectivity index (χ1n) is 10.8. The van der Waals surface area contributed by atoms with Gasteiger partial charge in [-0.1, -0.05) is 24.3 Å². The highest BCUT2D eigenvalue weighted by Gasteiger charge is 2.36. The van der Waals surface area contributed by atoms with E-state index in [4.69, 9.17) is 5.73 Å². The predicted octanol–water partition coefficient (Wildman–Crippen LogP) is 4.88. The van der Waals surface area contributed by atoms with E-state index in [1.807, 2.05) is 0 Å². The van der Waals surface area contributed by atoms with Crippen LogP contribution in [0.3, 0.4) is 0 Å². The topological polar surface area (TPSA) is 113 Å². The molecule has 0 bridgehead atoms. The van der Waals surface area contributed by atoms with Crippen molar-refractivity contribution in [2.75, 3.05) is 5.73 Å². The summed E-state index contributed by atoms with van der Waals surface area (Å²) in [6, 6.07) is 15.4. The molecule has 0 atom stereocenters. The average Bonchev–Trinajstić information content (AvgIpc) is 2.88. The lowest BCUT2D eigenvalue weighted by molar-refractivity contribution is -0.137. The number of aliphatic hydroxyl groups excluding tert-OH is 1. The van der Waals surface area contributed by atoms with Gasteiger partial charge in [-0.25, -0.2) is 19.4 Å².